The Kier molecular flexibility index (Phi) is 3.79. The van der Waals surface area contributed by atoms with Crippen molar-refractivity contribution in [1.29, 1.82) is 0 Å². The van der Waals surface area contributed by atoms with Gasteiger partial charge in [0.05, 0.1) is 11.5 Å². The summed E-state index contributed by atoms with van der Waals surface area (Å²) in [4.78, 5) is 27.9. The summed E-state index contributed by atoms with van der Waals surface area (Å²) in [6.45, 7) is 0.374. The fourth-order valence-corrected chi connectivity index (χ4v) is 1.78. The molecule has 0 aliphatic carbocycles. The minimum absolute atomic E-state index is 0.0340. The summed E-state index contributed by atoms with van der Waals surface area (Å²) in [7, 11) is 3.52. The lowest BCUT2D eigenvalue weighted by molar-refractivity contribution is -0.384. The van der Waals surface area contributed by atoms with Gasteiger partial charge >= 0.3 is 0 Å². The molecule has 7 heteroatoms. The zero-order valence-electron chi connectivity index (χ0n) is 11.2. The van der Waals surface area contributed by atoms with E-state index in [0.29, 0.717) is 12.1 Å². The number of carbonyl (C=O) groups is 1. The average molecular weight is 274 g/mol. The Bertz CT molecular complexity index is 633. The number of hydrogen-bond acceptors (Lipinski definition) is 4. The van der Waals surface area contributed by atoms with Gasteiger partial charge in [0, 0.05) is 44.2 Å². The van der Waals surface area contributed by atoms with Gasteiger partial charge in [-0.05, 0) is 12.1 Å². The van der Waals surface area contributed by atoms with E-state index < -0.39 is 4.92 Å². The summed E-state index contributed by atoms with van der Waals surface area (Å²) >= 11 is 0. The molecule has 0 aliphatic heterocycles. The summed E-state index contributed by atoms with van der Waals surface area (Å²) in [5, 5.41) is 10.6. The molecule has 0 spiro atoms. The third kappa shape index (κ3) is 2.82. The Labute approximate surface area is 115 Å². The van der Waals surface area contributed by atoms with Crippen molar-refractivity contribution in [3.05, 3.63) is 58.2 Å². The predicted octanol–water partition coefficient (Wildman–Crippen LogP) is 1.60. The van der Waals surface area contributed by atoms with Crippen LogP contribution in [0.2, 0.25) is 0 Å². The van der Waals surface area contributed by atoms with Crippen LogP contribution in [0.3, 0.4) is 0 Å². The van der Waals surface area contributed by atoms with E-state index in [4.69, 9.17) is 0 Å². The van der Waals surface area contributed by atoms with Crippen LogP contribution in [0.5, 0.6) is 0 Å². The SMILES string of the molecule is CN(Cc1nccn1C)C(=O)c1ccc([N+](=O)[O-])cc1. The van der Waals surface area contributed by atoms with Gasteiger partial charge in [-0.2, -0.15) is 0 Å². The number of imidazole rings is 1. The summed E-state index contributed by atoms with van der Waals surface area (Å²) in [6.07, 6.45) is 3.47. The first-order valence-corrected chi connectivity index (χ1v) is 5.95. The van der Waals surface area contributed by atoms with Gasteiger partial charge in [-0.3, -0.25) is 14.9 Å². The maximum atomic E-state index is 12.2. The summed E-state index contributed by atoms with van der Waals surface area (Å²) in [5.74, 6) is 0.561. The number of amides is 1. The van der Waals surface area contributed by atoms with Crippen LogP contribution in [0, 0.1) is 10.1 Å². The molecule has 0 N–H and O–H groups in total. The van der Waals surface area contributed by atoms with Crippen molar-refractivity contribution in [1.82, 2.24) is 14.5 Å². The number of carbonyl (C=O) groups excluding carboxylic acids is 1. The monoisotopic (exact) mass is 274 g/mol. The van der Waals surface area contributed by atoms with E-state index in [9.17, 15) is 14.9 Å². The predicted molar refractivity (Wildman–Crippen MR) is 72.1 cm³/mol. The number of benzene rings is 1. The van der Waals surface area contributed by atoms with E-state index in [1.54, 1.807) is 19.4 Å². The summed E-state index contributed by atoms with van der Waals surface area (Å²) in [5.41, 5.74) is 0.376. The second-order valence-corrected chi connectivity index (χ2v) is 4.42. The van der Waals surface area contributed by atoms with Crippen LogP contribution in [-0.4, -0.2) is 32.3 Å². The molecule has 0 fully saturated rings. The largest absolute Gasteiger partial charge is 0.337 e. The van der Waals surface area contributed by atoms with E-state index in [1.165, 1.54) is 29.2 Å². The van der Waals surface area contributed by atoms with Crippen molar-refractivity contribution in [2.45, 2.75) is 6.54 Å². The number of aromatic nitrogens is 2. The molecule has 0 saturated heterocycles. The molecule has 0 atom stereocenters. The molecule has 0 bridgehead atoms. The topological polar surface area (TPSA) is 81.3 Å². The summed E-state index contributed by atoms with van der Waals surface area (Å²) in [6, 6.07) is 5.55. The van der Waals surface area contributed by atoms with Crippen molar-refractivity contribution in [3.8, 4) is 0 Å². The fraction of sp³-hybridized carbons (Fsp3) is 0.231. The zero-order valence-corrected chi connectivity index (χ0v) is 11.2. The van der Waals surface area contributed by atoms with Crippen LogP contribution in [0.25, 0.3) is 0 Å². The molecule has 1 aromatic heterocycles. The molecule has 7 nitrogen and oxygen atoms in total. The lowest BCUT2D eigenvalue weighted by Crippen LogP contribution is -2.27. The van der Waals surface area contributed by atoms with E-state index >= 15 is 0 Å². The van der Waals surface area contributed by atoms with Gasteiger partial charge < -0.3 is 9.47 Å². The smallest absolute Gasteiger partial charge is 0.269 e. The van der Waals surface area contributed by atoms with Crippen molar-refractivity contribution >= 4 is 11.6 Å². The van der Waals surface area contributed by atoms with Crippen LogP contribution in [0.15, 0.2) is 36.7 Å². The molecule has 2 rings (SSSR count). The van der Waals surface area contributed by atoms with Crippen LogP contribution in [0.1, 0.15) is 16.2 Å². The molecular formula is C13H14N4O3. The van der Waals surface area contributed by atoms with Crippen molar-refractivity contribution in [2.75, 3.05) is 7.05 Å². The Morgan fingerprint density at radius 2 is 2.05 bits per heavy atom. The molecule has 0 saturated carbocycles. The van der Waals surface area contributed by atoms with E-state index in [1.807, 2.05) is 11.6 Å². The number of rotatable bonds is 4. The molecule has 104 valence electrons. The van der Waals surface area contributed by atoms with Gasteiger partial charge in [-0.1, -0.05) is 0 Å². The highest BCUT2D eigenvalue weighted by atomic mass is 16.6. The van der Waals surface area contributed by atoms with Gasteiger partial charge in [0.2, 0.25) is 0 Å². The van der Waals surface area contributed by atoms with E-state index in [0.717, 1.165) is 5.82 Å². The minimum Gasteiger partial charge on any atom is -0.337 e. The maximum Gasteiger partial charge on any atom is 0.269 e. The molecule has 1 amide bonds. The Morgan fingerprint density at radius 3 is 2.55 bits per heavy atom. The Morgan fingerprint density at radius 1 is 1.40 bits per heavy atom. The molecule has 2 aromatic rings. The van der Waals surface area contributed by atoms with Gasteiger partial charge in [0.1, 0.15) is 5.82 Å². The quantitative estimate of drug-likeness (QED) is 0.626. The van der Waals surface area contributed by atoms with Gasteiger partial charge in [-0.15, -0.1) is 0 Å². The first-order chi connectivity index (χ1) is 9.49. The molecule has 1 aromatic carbocycles. The highest BCUT2D eigenvalue weighted by molar-refractivity contribution is 5.94. The first-order valence-electron chi connectivity index (χ1n) is 5.95. The van der Waals surface area contributed by atoms with Crippen LogP contribution < -0.4 is 0 Å². The highest BCUT2D eigenvalue weighted by Crippen LogP contribution is 2.13. The van der Waals surface area contributed by atoms with E-state index in [-0.39, 0.29) is 11.6 Å². The number of aryl methyl sites for hydroxylation is 1. The van der Waals surface area contributed by atoms with Gasteiger partial charge in [0.25, 0.3) is 11.6 Å². The summed E-state index contributed by atoms with van der Waals surface area (Å²) < 4.78 is 1.83. The standard InChI is InChI=1S/C13H14N4O3/c1-15-8-7-14-12(15)9-16(2)13(18)10-3-5-11(6-4-10)17(19)20/h3-8H,9H2,1-2H3. The van der Waals surface area contributed by atoms with Crippen molar-refractivity contribution in [2.24, 2.45) is 7.05 Å². The zero-order chi connectivity index (χ0) is 14.7. The number of non-ortho nitro benzene ring substituents is 1. The second-order valence-electron chi connectivity index (χ2n) is 4.42. The highest BCUT2D eigenvalue weighted by Gasteiger charge is 2.15. The maximum absolute atomic E-state index is 12.2. The molecule has 0 aliphatic rings. The van der Waals surface area contributed by atoms with Crippen LogP contribution >= 0.6 is 0 Å². The number of nitro groups is 1. The minimum atomic E-state index is -0.494. The lowest BCUT2D eigenvalue weighted by Gasteiger charge is -2.16. The number of hydrogen-bond donors (Lipinski definition) is 0. The Hall–Kier alpha value is -2.70. The fourth-order valence-electron chi connectivity index (χ4n) is 1.78. The van der Waals surface area contributed by atoms with Gasteiger partial charge in [0.15, 0.2) is 0 Å². The first kappa shape index (κ1) is 13.7. The van der Waals surface area contributed by atoms with Crippen molar-refractivity contribution < 1.29 is 9.72 Å². The van der Waals surface area contributed by atoms with Crippen LogP contribution in [0.4, 0.5) is 5.69 Å². The third-order valence-electron chi connectivity index (χ3n) is 2.97. The second kappa shape index (κ2) is 5.52. The molecular weight excluding hydrogens is 260 g/mol. The lowest BCUT2D eigenvalue weighted by atomic mass is 10.2. The third-order valence-corrected chi connectivity index (χ3v) is 2.97. The van der Waals surface area contributed by atoms with E-state index in [2.05, 4.69) is 4.98 Å². The number of nitrogens with zero attached hydrogens (tertiary/aromatic N) is 4. The van der Waals surface area contributed by atoms with Crippen molar-refractivity contribution in [3.63, 3.8) is 0 Å². The number of nitro benzene ring substituents is 1. The normalized spacial score (nSPS) is 10.3. The van der Waals surface area contributed by atoms with Gasteiger partial charge in [-0.25, -0.2) is 4.98 Å². The molecule has 0 radical (unpaired) electrons. The molecule has 20 heavy (non-hydrogen) atoms. The molecule has 1 heterocycles. The molecule has 0 unspecified atom stereocenters. The average Bonchev–Trinajstić information content (AvgIpc) is 2.83. The Balaban J connectivity index is 2.10. The van der Waals surface area contributed by atoms with Crippen LogP contribution in [-0.2, 0) is 13.6 Å².